The van der Waals surface area contributed by atoms with E-state index in [0.29, 0.717) is 22.6 Å². The molecule has 0 aliphatic rings. The van der Waals surface area contributed by atoms with Gasteiger partial charge in [0.15, 0.2) is 0 Å². The second-order valence-corrected chi connectivity index (χ2v) is 8.51. The molecule has 0 fully saturated rings. The number of amides is 1. The van der Waals surface area contributed by atoms with Crippen LogP contribution in [0.25, 0.3) is 0 Å². The molecule has 3 rings (SSSR count). The summed E-state index contributed by atoms with van der Waals surface area (Å²) in [6, 6.07) is 24.2. The molecule has 1 amide bonds. The fourth-order valence-corrected chi connectivity index (χ4v) is 4.03. The summed E-state index contributed by atoms with van der Waals surface area (Å²) in [7, 11) is 0. The lowest BCUT2D eigenvalue weighted by molar-refractivity contribution is 0.0973. The van der Waals surface area contributed by atoms with Crippen molar-refractivity contribution in [2.45, 2.75) is 22.3 Å². The van der Waals surface area contributed by atoms with E-state index in [-0.39, 0.29) is 13.1 Å². The monoisotopic (exact) mass is 452 g/mol. The average molecular weight is 453 g/mol. The van der Waals surface area contributed by atoms with Crippen LogP contribution in [0.15, 0.2) is 82.6 Å². The van der Waals surface area contributed by atoms with Gasteiger partial charge in [-0.25, -0.2) is 4.79 Å². The number of hydrogen-bond acceptors (Lipinski definition) is 4. The Balaban J connectivity index is 1.56. The second kappa shape index (κ2) is 10.9. The van der Waals surface area contributed by atoms with Gasteiger partial charge in [0.2, 0.25) is 0 Å². The zero-order chi connectivity index (χ0) is 22.2. The number of benzene rings is 3. The molecule has 0 bridgehead atoms. The van der Waals surface area contributed by atoms with Gasteiger partial charge in [0.1, 0.15) is 0 Å². The number of carboxylic acid groups (broad SMARTS) is 1. The highest BCUT2D eigenvalue weighted by Gasteiger charge is 2.18. The van der Waals surface area contributed by atoms with Gasteiger partial charge in [-0.1, -0.05) is 47.6 Å². The summed E-state index contributed by atoms with van der Waals surface area (Å²) in [6.07, 6.45) is -1.48. The summed E-state index contributed by atoms with van der Waals surface area (Å²) in [5.41, 5.74) is 2.22. The summed E-state index contributed by atoms with van der Waals surface area (Å²) in [5, 5.41) is 29.3. The number of carbonyl (C=O) groups is 1. The summed E-state index contributed by atoms with van der Waals surface area (Å²) >= 11 is 7.55. The van der Waals surface area contributed by atoms with Crippen LogP contribution in [0.3, 0.4) is 0 Å². The molecule has 0 aliphatic heterocycles. The first-order valence-electron chi connectivity index (χ1n) is 9.63. The molecule has 3 aromatic carbocycles. The molecule has 0 aliphatic carbocycles. The summed E-state index contributed by atoms with van der Waals surface area (Å²) in [5.74, 6) is 0. The van der Waals surface area contributed by atoms with E-state index in [0.717, 1.165) is 15.4 Å². The molecule has 0 saturated heterocycles. The maximum atomic E-state index is 11.6. The zero-order valence-electron chi connectivity index (χ0n) is 16.6. The molecule has 5 nitrogen and oxygen atoms in total. The SMILES string of the molecule is N#Cc1ccc(Sc2ccc(CCN(C[C@@H](O)c3cccc(Cl)c3)C(=O)O)cc2)cc1. The maximum Gasteiger partial charge on any atom is 0.407 e. The average Bonchev–Trinajstić information content (AvgIpc) is 2.77. The van der Waals surface area contributed by atoms with Gasteiger partial charge in [-0.15, -0.1) is 0 Å². The molecular weight excluding hydrogens is 432 g/mol. The van der Waals surface area contributed by atoms with Gasteiger partial charge in [-0.3, -0.25) is 0 Å². The van der Waals surface area contributed by atoms with Crippen LogP contribution in [0, 0.1) is 11.3 Å². The second-order valence-electron chi connectivity index (χ2n) is 6.93. The van der Waals surface area contributed by atoms with Crippen LogP contribution in [0.2, 0.25) is 5.02 Å². The Morgan fingerprint density at radius 2 is 1.71 bits per heavy atom. The van der Waals surface area contributed by atoms with Gasteiger partial charge in [-0.05, 0) is 66.1 Å². The third-order valence-electron chi connectivity index (χ3n) is 4.71. The number of nitriles is 1. The van der Waals surface area contributed by atoms with E-state index in [1.807, 2.05) is 36.4 Å². The Morgan fingerprint density at radius 1 is 1.06 bits per heavy atom. The van der Waals surface area contributed by atoms with Crippen LogP contribution >= 0.6 is 23.4 Å². The van der Waals surface area contributed by atoms with Crippen molar-refractivity contribution in [2.75, 3.05) is 13.1 Å². The van der Waals surface area contributed by atoms with Crippen LogP contribution in [0.5, 0.6) is 0 Å². The summed E-state index contributed by atoms with van der Waals surface area (Å²) in [6.45, 7) is 0.247. The van der Waals surface area contributed by atoms with Gasteiger partial charge < -0.3 is 15.1 Å². The molecule has 0 radical (unpaired) electrons. The maximum absolute atomic E-state index is 11.6. The minimum atomic E-state index is -1.07. The number of hydrogen-bond donors (Lipinski definition) is 2. The number of aliphatic hydroxyl groups excluding tert-OH is 1. The van der Waals surface area contributed by atoms with Crippen molar-refractivity contribution in [1.29, 1.82) is 5.26 Å². The van der Waals surface area contributed by atoms with Crippen molar-refractivity contribution in [3.63, 3.8) is 0 Å². The van der Waals surface area contributed by atoms with Gasteiger partial charge in [0.25, 0.3) is 0 Å². The van der Waals surface area contributed by atoms with Gasteiger partial charge in [0.05, 0.1) is 24.3 Å². The minimum absolute atomic E-state index is 0.0255. The highest BCUT2D eigenvalue weighted by Crippen LogP contribution is 2.28. The predicted octanol–water partition coefficient (Wildman–Crippen LogP) is 5.62. The Bertz CT molecular complexity index is 1070. The van der Waals surface area contributed by atoms with Crippen LogP contribution in [-0.4, -0.2) is 34.3 Å². The van der Waals surface area contributed by atoms with Crippen molar-refractivity contribution in [3.05, 3.63) is 94.5 Å². The van der Waals surface area contributed by atoms with E-state index in [4.69, 9.17) is 16.9 Å². The van der Waals surface area contributed by atoms with E-state index in [2.05, 4.69) is 6.07 Å². The topological polar surface area (TPSA) is 84.6 Å². The van der Waals surface area contributed by atoms with Crippen molar-refractivity contribution < 1.29 is 15.0 Å². The molecule has 1 atom stereocenters. The lowest BCUT2D eigenvalue weighted by Gasteiger charge is -2.23. The van der Waals surface area contributed by atoms with Gasteiger partial charge >= 0.3 is 6.09 Å². The number of nitrogens with zero attached hydrogens (tertiary/aromatic N) is 2. The molecule has 0 spiro atoms. The van der Waals surface area contributed by atoms with Crippen LogP contribution < -0.4 is 0 Å². The minimum Gasteiger partial charge on any atom is -0.465 e. The predicted molar refractivity (Wildman–Crippen MR) is 121 cm³/mol. The highest BCUT2D eigenvalue weighted by atomic mass is 35.5. The first kappa shape index (κ1) is 22.7. The van der Waals surface area contributed by atoms with E-state index < -0.39 is 12.2 Å². The summed E-state index contributed by atoms with van der Waals surface area (Å²) < 4.78 is 0. The lowest BCUT2D eigenvalue weighted by atomic mass is 10.1. The number of halogens is 1. The van der Waals surface area contributed by atoms with Crippen molar-refractivity contribution >= 4 is 29.5 Å². The zero-order valence-corrected chi connectivity index (χ0v) is 18.2. The van der Waals surface area contributed by atoms with E-state index in [1.54, 1.807) is 48.2 Å². The number of rotatable bonds is 8. The molecule has 7 heteroatoms. The van der Waals surface area contributed by atoms with Crippen LogP contribution in [-0.2, 0) is 6.42 Å². The fourth-order valence-electron chi connectivity index (χ4n) is 3.01. The molecule has 0 unspecified atom stereocenters. The Labute approximate surface area is 190 Å². The number of aliphatic hydroxyl groups is 1. The van der Waals surface area contributed by atoms with Crippen LogP contribution in [0.1, 0.15) is 22.8 Å². The van der Waals surface area contributed by atoms with Gasteiger partial charge in [0, 0.05) is 21.4 Å². The molecule has 2 N–H and O–H groups in total. The van der Waals surface area contributed by atoms with Crippen LogP contribution in [0.4, 0.5) is 4.79 Å². The van der Waals surface area contributed by atoms with Crippen molar-refractivity contribution in [2.24, 2.45) is 0 Å². The third-order valence-corrected chi connectivity index (χ3v) is 5.96. The van der Waals surface area contributed by atoms with Crippen molar-refractivity contribution in [3.8, 4) is 6.07 Å². The van der Waals surface area contributed by atoms with Gasteiger partial charge in [-0.2, -0.15) is 5.26 Å². The Hall–Kier alpha value is -2.98. The lowest BCUT2D eigenvalue weighted by Crippen LogP contribution is -2.35. The molecule has 0 heterocycles. The molecule has 31 heavy (non-hydrogen) atoms. The van der Waals surface area contributed by atoms with E-state index in [1.165, 1.54) is 4.90 Å². The third kappa shape index (κ3) is 6.76. The first-order valence-corrected chi connectivity index (χ1v) is 10.8. The van der Waals surface area contributed by atoms with E-state index in [9.17, 15) is 15.0 Å². The Morgan fingerprint density at radius 3 is 2.29 bits per heavy atom. The smallest absolute Gasteiger partial charge is 0.407 e. The fraction of sp³-hybridized carbons (Fsp3) is 0.167. The summed E-state index contributed by atoms with van der Waals surface area (Å²) in [4.78, 5) is 14.9. The molecule has 158 valence electrons. The normalized spacial score (nSPS) is 11.5. The molecule has 0 saturated carbocycles. The Kier molecular flexibility index (Phi) is 7.96. The highest BCUT2D eigenvalue weighted by molar-refractivity contribution is 7.99. The van der Waals surface area contributed by atoms with E-state index >= 15 is 0 Å². The largest absolute Gasteiger partial charge is 0.465 e. The standard InChI is InChI=1S/C24H21ClN2O3S/c25-20-3-1-2-19(14-20)23(28)16-27(24(29)30)13-12-17-4-8-21(9-5-17)31-22-10-6-18(15-26)7-11-22/h1-11,14,23,28H,12-13,16H2,(H,29,30)/t23-/m1/s1. The first-order chi connectivity index (χ1) is 14.9. The molecule has 0 aromatic heterocycles. The molecule has 3 aromatic rings. The quantitative estimate of drug-likeness (QED) is 0.463. The molecular formula is C24H21ClN2O3S. The van der Waals surface area contributed by atoms with Crippen molar-refractivity contribution in [1.82, 2.24) is 4.90 Å².